The highest BCUT2D eigenvalue weighted by Crippen LogP contribution is 2.33. The fourth-order valence-electron chi connectivity index (χ4n) is 2.37. The minimum absolute atomic E-state index is 0.0217. The number of hydrogen-bond donors (Lipinski definition) is 0. The van der Waals surface area contributed by atoms with E-state index in [9.17, 15) is 0 Å². The van der Waals surface area contributed by atoms with Crippen molar-refractivity contribution in [3.63, 3.8) is 0 Å². The van der Waals surface area contributed by atoms with Gasteiger partial charge in [0.15, 0.2) is 0 Å². The average molecular weight is 223 g/mol. The fraction of sp³-hybridized carbons (Fsp3) is 0.294. The molecule has 0 aromatic heterocycles. The maximum Gasteiger partial charge on any atom is 0.0155 e. The van der Waals surface area contributed by atoms with Crippen molar-refractivity contribution in [2.45, 2.75) is 32.6 Å². The van der Waals surface area contributed by atoms with Gasteiger partial charge in [0, 0.05) is 5.41 Å². The number of aryl methyl sites for hydroxylation is 1. The molecule has 0 bridgehead atoms. The van der Waals surface area contributed by atoms with Gasteiger partial charge in [-0.1, -0.05) is 69.3 Å². The predicted octanol–water partition coefficient (Wildman–Crippen LogP) is 4.38. The molecular formula is C17H19. The highest BCUT2D eigenvalue weighted by Gasteiger charge is 2.24. The first kappa shape index (κ1) is 11.9. The Morgan fingerprint density at radius 2 is 1.71 bits per heavy atom. The van der Waals surface area contributed by atoms with Crippen LogP contribution in [0.25, 0.3) is 0 Å². The summed E-state index contributed by atoms with van der Waals surface area (Å²) < 4.78 is 0. The Balaban J connectivity index is 2.51. The van der Waals surface area contributed by atoms with Gasteiger partial charge in [0.25, 0.3) is 0 Å². The summed E-state index contributed by atoms with van der Waals surface area (Å²) in [5.41, 5.74) is 4.11. The van der Waals surface area contributed by atoms with Crippen LogP contribution in [-0.4, -0.2) is 0 Å². The van der Waals surface area contributed by atoms with Crippen molar-refractivity contribution < 1.29 is 0 Å². The van der Waals surface area contributed by atoms with Crippen LogP contribution in [0.1, 0.15) is 37.5 Å². The van der Waals surface area contributed by atoms with Crippen molar-refractivity contribution in [1.82, 2.24) is 0 Å². The maximum absolute atomic E-state index is 3.36. The molecule has 87 valence electrons. The third kappa shape index (κ3) is 2.26. The summed E-state index contributed by atoms with van der Waals surface area (Å²) in [5, 5.41) is 0. The fourth-order valence-corrected chi connectivity index (χ4v) is 2.37. The molecule has 0 spiro atoms. The summed E-state index contributed by atoms with van der Waals surface area (Å²) in [5.74, 6) is 0. The van der Waals surface area contributed by atoms with Gasteiger partial charge in [0.05, 0.1) is 0 Å². The van der Waals surface area contributed by atoms with Crippen LogP contribution in [0.2, 0.25) is 0 Å². The van der Waals surface area contributed by atoms with Gasteiger partial charge in [0.2, 0.25) is 0 Å². The molecule has 0 unspecified atom stereocenters. The summed E-state index contributed by atoms with van der Waals surface area (Å²) >= 11 is 0. The molecule has 0 aliphatic heterocycles. The van der Waals surface area contributed by atoms with Crippen LogP contribution in [0.3, 0.4) is 0 Å². The Labute approximate surface area is 104 Å². The molecular weight excluding hydrogens is 204 g/mol. The van der Waals surface area contributed by atoms with Crippen LogP contribution in [0.4, 0.5) is 0 Å². The summed E-state index contributed by atoms with van der Waals surface area (Å²) in [6.45, 7) is 6.75. The van der Waals surface area contributed by atoms with Crippen LogP contribution in [-0.2, 0) is 11.8 Å². The first-order valence-corrected chi connectivity index (χ1v) is 6.22. The molecule has 0 fully saturated rings. The third-order valence-corrected chi connectivity index (χ3v) is 3.45. The Morgan fingerprint density at radius 3 is 2.35 bits per heavy atom. The van der Waals surface area contributed by atoms with E-state index in [0.717, 1.165) is 6.42 Å². The van der Waals surface area contributed by atoms with Crippen LogP contribution >= 0.6 is 0 Å². The van der Waals surface area contributed by atoms with Crippen LogP contribution < -0.4 is 0 Å². The lowest BCUT2D eigenvalue weighted by atomic mass is 9.76. The molecule has 17 heavy (non-hydrogen) atoms. The first-order valence-electron chi connectivity index (χ1n) is 6.22. The summed E-state index contributed by atoms with van der Waals surface area (Å²) in [6, 6.07) is 20.3. The molecule has 0 amide bonds. The van der Waals surface area contributed by atoms with Crippen LogP contribution in [0.5, 0.6) is 0 Å². The molecule has 2 aromatic carbocycles. The zero-order valence-corrected chi connectivity index (χ0v) is 10.8. The summed E-state index contributed by atoms with van der Waals surface area (Å²) in [4.78, 5) is 0. The van der Waals surface area contributed by atoms with Crippen molar-refractivity contribution >= 4 is 0 Å². The van der Waals surface area contributed by atoms with Gasteiger partial charge < -0.3 is 0 Å². The van der Waals surface area contributed by atoms with Crippen molar-refractivity contribution in [1.29, 1.82) is 0 Å². The SMILES string of the molecule is CCc1ccccc1C(C)(C)c1[c]cccc1. The molecule has 0 aliphatic rings. The van der Waals surface area contributed by atoms with E-state index in [0.29, 0.717) is 0 Å². The monoisotopic (exact) mass is 223 g/mol. The Hall–Kier alpha value is -1.56. The van der Waals surface area contributed by atoms with E-state index in [-0.39, 0.29) is 5.41 Å². The second-order valence-corrected chi connectivity index (χ2v) is 4.91. The molecule has 0 saturated heterocycles. The highest BCUT2D eigenvalue weighted by molar-refractivity contribution is 5.41. The lowest BCUT2D eigenvalue weighted by Gasteiger charge is -2.28. The summed E-state index contributed by atoms with van der Waals surface area (Å²) in [7, 11) is 0. The van der Waals surface area contributed by atoms with Crippen LogP contribution in [0.15, 0.2) is 48.5 Å². The van der Waals surface area contributed by atoms with E-state index in [1.807, 2.05) is 12.1 Å². The lowest BCUT2D eigenvalue weighted by Crippen LogP contribution is -2.20. The van der Waals surface area contributed by atoms with Gasteiger partial charge in [-0.15, -0.1) is 0 Å². The van der Waals surface area contributed by atoms with E-state index in [1.54, 1.807) is 0 Å². The van der Waals surface area contributed by atoms with Gasteiger partial charge in [-0.3, -0.25) is 0 Å². The Kier molecular flexibility index (Phi) is 3.33. The van der Waals surface area contributed by atoms with Gasteiger partial charge in [0.1, 0.15) is 0 Å². The minimum Gasteiger partial charge on any atom is -0.0620 e. The van der Waals surface area contributed by atoms with Gasteiger partial charge >= 0.3 is 0 Å². The van der Waals surface area contributed by atoms with E-state index >= 15 is 0 Å². The van der Waals surface area contributed by atoms with E-state index in [4.69, 9.17) is 0 Å². The van der Waals surface area contributed by atoms with Gasteiger partial charge in [-0.05, 0) is 29.2 Å². The minimum atomic E-state index is 0.0217. The number of hydrogen-bond acceptors (Lipinski definition) is 0. The quantitative estimate of drug-likeness (QED) is 0.724. The number of rotatable bonds is 3. The standard InChI is InChI=1S/C17H19/c1-4-14-10-8-9-13-16(14)17(2,3)15-11-6-5-7-12-15/h5-11,13H,4H2,1-3H3. The lowest BCUT2D eigenvalue weighted by molar-refractivity contribution is 0.631. The van der Waals surface area contributed by atoms with Crippen molar-refractivity contribution in [3.05, 3.63) is 71.3 Å². The third-order valence-electron chi connectivity index (χ3n) is 3.45. The Bertz CT molecular complexity index is 480. The second-order valence-electron chi connectivity index (χ2n) is 4.91. The first-order chi connectivity index (χ1) is 8.16. The molecule has 0 saturated carbocycles. The zero-order chi connectivity index (χ0) is 12.3. The smallest absolute Gasteiger partial charge is 0.0155 e. The molecule has 0 heteroatoms. The Morgan fingerprint density at radius 1 is 1.00 bits per heavy atom. The van der Waals surface area contributed by atoms with E-state index in [2.05, 4.69) is 63.2 Å². The van der Waals surface area contributed by atoms with E-state index in [1.165, 1.54) is 16.7 Å². The molecule has 0 nitrogen and oxygen atoms in total. The maximum atomic E-state index is 3.36. The number of benzene rings is 2. The molecule has 0 heterocycles. The van der Waals surface area contributed by atoms with Crippen molar-refractivity contribution in [2.24, 2.45) is 0 Å². The molecule has 0 N–H and O–H groups in total. The van der Waals surface area contributed by atoms with E-state index < -0.39 is 0 Å². The molecule has 2 rings (SSSR count). The van der Waals surface area contributed by atoms with Crippen molar-refractivity contribution in [3.8, 4) is 0 Å². The molecule has 0 atom stereocenters. The average Bonchev–Trinajstić information content (AvgIpc) is 2.39. The molecule has 1 radical (unpaired) electrons. The van der Waals surface area contributed by atoms with Crippen molar-refractivity contribution in [2.75, 3.05) is 0 Å². The summed E-state index contributed by atoms with van der Waals surface area (Å²) in [6.07, 6.45) is 1.08. The highest BCUT2D eigenvalue weighted by atomic mass is 14.3. The van der Waals surface area contributed by atoms with Gasteiger partial charge in [-0.2, -0.15) is 0 Å². The van der Waals surface area contributed by atoms with Gasteiger partial charge in [-0.25, -0.2) is 0 Å². The largest absolute Gasteiger partial charge is 0.0620 e. The predicted molar refractivity (Wildman–Crippen MR) is 73.2 cm³/mol. The van der Waals surface area contributed by atoms with Crippen LogP contribution in [0, 0.1) is 6.07 Å². The topological polar surface area (TPSA) is 0 Å². The second kappa shape index (κ2) is 4.75. The molecule has 0 aliphatic carbocycles. The zero-order valence-electron chi connectivity index (χ0n) is 10.8. The normalized spacial score (nSPS) is 11.5. The molecule has 2 aromatic rings.